The van der Waals surface area contributed by atoms with E-state index in [1.54, 1.807) is 6.92 Å². The van der Waals surface area contributed by atoms with Gasteiger partial charge < -0.3 is 5.32 Å². The van der Waals surface area contributed by atoms with E-state index in [9.17, 15) is 8.42 Å². The van der Waals surface area contributed by atoms with Crippen LogP contribution in [-0.2, 0) is 9.84 Å². The molecule has 0 aromatic heterocycles. The van der Waals surface area contributed by atoms with Crippen LogP contribution in [-0.4, -0.2) is 32.5 Å². The molecule has 1 fully saturated rings. The molecule has 0 radical (unpaired) electrons. The molecule has 4 heteroatoms. The van der Waals surface area contributed by atoms with Gasteiger partial charge >= 0.3 is 0 Å². The quantitative estimate of drug-likeness (QED) is 0.716. The molecule has 1 rings (SSSR count). The third-order valence-corrected chi connectivity index (χ3v) is 6.24. The lowest BCUT2D eigenvalue weighted by Crippen LogP contribution is -2.31. The molecule has 0 aromatic carbocycles. The number of hydrogen-bond acceptors (Lipinski definition) is 3. The van der Waals surface area contributed by atoms with Crippen molar-refractivity contribution >= 4 is 9.84 Å². The van der Waals surface area contributed by atoms with Gasteiger partial charge in [-0.3, -0.25) is 0 Å². The summed E-state index contributed by atoms with van der Waals surface area (Å²) in [7, 11) is -2.88. The summed E-state index contributed by atoms with van der Waals surface area (Å²) < 4.78 is 23.5. The molecule has 1 N–H and O–H groups in total. The van der Waals surface area contributed by atoms with Crippen molar-refractivity contribution in [2.24, 2.45) is 5.92 Å². The van der Waals surface area contributed by atoms with Crippen molar-refractivity contribution < 1.29 is 8.42 Å². The van der Waals surface area contributed by atoms with Crippen LogP contribution >= 0.6 is 0 Å². The smallest absolute Gasteiger partial charge is 0.154 e. The molecule has 0 aliphatic heterocycles. The monoisotopic (exact) mass is 261 g/mol. The minimum absolute atomic E-state index is 0.195. The molecular weight excluding hydrogens is 234 g/mol. The Balaban J connectivity index is 2.15. The van der Waals surface area contributed by atoms with Crippen LogP contribution in [0.2, 0.25) is 0 Å². The Morgan fingerprint density at radius 1 is 1.24 bits per heavy atom. The van der Waals surface area contributed by atoms with Gasteiger partial charge in [0, 0.05) is 6.54 Å². The summed E-state index contributed by atoms with van der Waals surface area (Å²) in [5.74, 6) is 1.06. The first-order valence-electron chi connectivity index (χ1n) is 6.98. The average molecular weight is 261 g/mol. The van der Waals surface area contributed by atoms with Crippen LogP contribution in [0, 0.1) is 5.92 Å². The van der Waals surface area contributed by atoms with Crippen molar-refractivity contribution in [3.63, 3.8) is 0 Å². The van der Waals surface area contributed by atoms with Gasteiger partial charge in [-0.05, 0) is 38.6 Å². The van der Waals surface area contributed by atoms with Crippen LogP contribution in [0.5, 0.6) is 0 Å². The van der Waals surface area contributed by atoms with Crippen molar-refractivity contribution in [1.29, 1.82) is 0 Å². The van der Waals surface area contributed by atoms with E-state index in [4.69, 9.17) is 0 Å². The van der Waals surface area contributed by atoms with Gasteiger partial charge in [0.05, 0.1) is 11.0 Å². The molecule has 0 amide bonds. The zero-order valence-electron chi connectivity index (χ0n) is 11.2. The number of hydrogen-bond donors (Lipinski definition) is 1. The zero-order valence-corrected chi connectivity index (χ0v) is 12.1. The highest BCUT2D eigenvalue weighted by atomic mass is 32.2. The van der Waals surface area contributed by atoms with Crippen molar-refractivity contribution in [2.75, 3.05) is 18.8 Å². The van der Waals surface area contributed by atoms with Gasteiger partial charge in [0.15, 0.2) is 9.84 Å². The second-order valence-corrected chi connectivity index (χ2v) is 7.83. The molecule has 1 atom stereocenters. The summed E-state index contributed by atoms with van der Waals surface area (Å²) in [6.07, 6.45) is 7.40. The predicted molar refractivity (Wildman–Crippen MR) is 73.0 cm³/mol. The summed E-state index contributed by atoms with van der Waals surface area (Å²) in [5, 5.41) is 3.12. The molecule has 0 bridgehead atoms. The Morgan fingerprint density at radius 2 is 1.88 bits per heavy atom. The topological polar surface area (TPSA) is 46.2 Å². The van der Waals surface area contributed by atoms with Gasteiger partial charge in [0.1, 0.15) is 0 Å². The highest BCUT2D eigenvalue weighted by Crippen LogP contribution is 2.22. The maximum Gasteiger partial charge on any atom is 0.154 e. The van der Waals surface area contributed by atoms with Crippen LogP contribution < -0.4 is 5.32 Å². The van der Waals surface area contributed by atoms with Crippen molar-refractivity contribution in [2.45, 2.75) is 57.6 Å². The first-order valence-corrected chi connectivity index (χ1v) is 8.70. The molecule has 1 unspecified atom stereocenters. The summed E-state index contributed by atoms with van der Waals surface area (Å²) in [4.78, 5) is 0. The predicted octanol–water partition coefficient (Wildman–Crippen LogP) is 2.37. The number of nitrogens with one attached hydrogen (secondary N) is 1. The lowest BCUT2D eigenvalue weighted by Gasteiger charge is -2.22. The highest BCUT2D eigenvalue weighted by Gasteiger charge is 2.18. The van der Waals surface area contributed by atoms with Crippen LogP contribution in [0.3, 0.4) is 0 Å². The third kappa shape index (κ3) is 5.38. The Labute approximate surface area is 106 Å². The lowest BCUT2D eigenvalue weighted by atomic mass is 9.89. The molecule has 3 nitrogen and oxygen atoms in total. The van der Waals surface area contributed by atoms with Crippen LogP contribution in [0.25, 0.3) is 0 Å². The van der Waals surface area contributed by atoms with E-state index in [1.807, 2.05) is 6.92 Å². The van der Waals surface area contributed by atoms with Gasteiger partial charge in [-0.2, -0.15) is 0 Å². The van der Waals surface area contributed by atoms with E-state index in [1.165, 1.54) is 32.1 Å². The van der Waals surface area contributed by atoms with Crippen molar-refractivity contribution in [3.05, 3.63) is 0 Å². The fraction of sp³-hybridized carbons (Fsp3) is 1.00. The van der Waals surface area contributed by atoms with E-state index in [0.717, 1.165) is 12.5 Å². The van der Waals surface area contributed by atoms with Crippen molar-refractivity contribution in [1.82, 2.24) is 5.32 Å². The Hall–Kier alpha value is -0.0900. The summed E-state index contributed by atoms with van der Waals surface area (Å²) in [6.45, 7) is 5.34. The third-order valence-electron chi connectivity index (χ3n) is 3.91. The standard InChI is InChI=1S/C13H27NO2S/c1-3-12(2)17(15,16)10-9-14-11-13-7-5-4-6-8-13/h12-14H,3-11H2,1-2H3. The molecular formula is C13H27NO2S. The fourth-order valence-electron chi connectivity index (χ4n) is 2.37. The molecule has 1 saturated carbocycles. The Bertz CT molecular complexity index is 295. The molecule has 102 valence electrons. The van der Waals surface area contributed by atoms with E-state index in [2.05, 4.69) is 5.32 Å². The van der Waals surface area contributed by atoms with Crippen LogP contribution in [0.15, 0.2) is 0 Å². The van der Waals surface area contributed by atoms with Crippen LogP contribution in [0.1, 0.15) is 52.4 Å². The molecule has 0 heterocycles. The molecule has 17 heavy (non-hydrogen) atoms. The SMILES string of the molecule is CCC(C)S(=O)(=O)CCNCC1CCCCC1. The summed E-state index contributed by atoms with van der Waals surface area (Å²) >= 11 is 0. The van der Waals surface area contributed by atoms with Gasteiger partial charge in [-0.1, -0.05) is 26.2 Å². The number of sulfone groups is 1. The largest absolute Gasteiger partial charge is 0.315 e. The highest BCUT2D eigenvalue weighted by molar-refractivity contribution is 7.92. The second kappa shape index (κ2) is 7.37. The van der Waals surface area contributed by atoms with Crippen molar-refractivity contribution in [3.8, 4) is 0 Å². The van der Waals surface area contributed by atoms with E-state index in [0.29, 0.717) is 13.0 Å². The second-order valence-electron chi connectivity index (χ2n) is 5.29. The molecule has 1 aliphatic carbocycles. The van der Waals surface area contributed by atoms with E-state index >= 15 is 0 Å². The summed E-state index contributed by atoms with van der Waals surface area (Å²) in [5.41, 5.74) is 0. The zero-order chi connectivity index (χ0) is 12.7. The maximum atomic E-state index is 11.8. The first kappa shape index (κ1) is 15.0. The van der Waals surface area contributed by atoms with Gasteiger partial charge in [-0.15, -0.1) is 0 Å². The normalized spacial score (nSPS) is 20.4. The minimum atomic E-state index is -2.88. The Morgan fingerprint density at radius 3 is 2.47 bits per heavy atom. The van der Waals surface area contributed by atoms with Gasteiger partial charge in [0.2, 0.25) is 0 Å². The molecule has 0 spiro atoms. The van der Waals surface area contributed by atoms with Gasteiger partial charge in [-0.25, -0.2) is 8.42 Å². The Kier molecular flexibility index (Phi) is 6.49. The molecule has 0 aromatic rings. The number of rotatable bonds is 7. The van der Waals surface area contributed by atoms with E-state index < -0.39 is 9.84 Å². The fourth-order valence-corrected chi connectivity index (χ4v) is 3.71. The molecule has 1 aliphatic rings. The first-order chi connectivity index (χ1) is 8.06. The summed E-state index contributed by atoms with van der Waals surface area (Å²) in [6, 6.07) is 0. The average Bonchev–Trinajstić information content (AvgIpc) is 2.35. The van der Waals surface area contributed by atoms with E-state index in [-0.39, 0.29) is 11.0 Å². The lowest BCUT2D eigenvalue weighted by molar-refractivity contribution is 0.345. The molecule has 0 saturated heterocycles. The maximum absolute atomic E-state index is 11.8. The minimum Gasteiger partial charge on any atom is -0.315 e. The van der Waals surface area contributed by atoms with Gasteiger partial charge in [0.25, 0.3) is 0 Å². The van der Waals surface area contributed by atoms with Crippen LogP contribution in [0.4, 0.5) is 0 Å².